The Labute approximate surface area is 482 Å². The SMILES string of the molecule is CCCCCSc1c(COCc2cn([C@@H]3O[C@H](CO)[C@@H](O)[C@H](O)[C@H]3O)nn2)c(SCCCCC)c(COCc2cn([C@@H]3O[C@H](CO)[C@@H](O)[C@H](O)[C@H]3O)nn2)c(SCCCCC)c1COCc1cn([C@@H]2O[C@H](CO)[C@@H](O)[C@H](O)[C@H]2O)nn1. The van der Waals surface area contributed by atoms with Crippen molar-refractivity contribution in [2.45, 2.75) is 225 Å². The molecule has 3 aliphatic heterocycles. The van der Waals surface area contributed by atoms with Crippen LogP contribution in [0.25, 0.3) is 0 Å². The number of aliphatic hydroxyl groups is 12. The van der Waals surface area contributed by atoms with Gasteiger partial charge in [0, 0.05) is 31.4 Å². The molecular weight excluding hydrogens is 1120 g/mol. The summed E-state index contributed by atoms with van der Waals surface area (Å²) in [4.78, 5) is 2.88. The van der Waals surface area contributed by atoms with Gasteiger partial charge < -0.3 is 89.7 Å². The summed E-state index contributed by atoms with van der Waals surface area (Å²) in [6, 6.07) is 0. The fraction of sp³-hybridized carbons (Fsp3) is 0.765. The smallest absolute Gasteiger partial charge is 0.180 e. The number of nitrogens with zero attached hydrogens (tertiary/aromatic N) is 9. The van der Waals surface area contributed by atoms with Crippen molar-refractivity contribution in [1.82, 2.24) is 45.0 Å². The summed E-state index contributed by atoms with van der Waals surface area (Å²) in [6.45, 7) is 4.72. The van der Waals surface area contributed by atoms with Gasteiger partial charge in [-0.2, -0.15) is 0 Å². The van der Waals surface area contributed by atoms with E-state index >= 15 is 0 Å². The first kappa shape index (κ1) is 65.5. The predicted molar refractivity (Wildman–Crippen MR) is 290 cm³/mol. The van der Waals surface area contributed by atoms with Gasteiger partial charge in [0.1, 0.15) is 90.3 Å². The van der Waals surface area contributed by atoms with Gasteiger partial charge in [0.15, 0.2) is 18.7 Å². The molecule has 0 saturated carbocycles. The second kappa shape index (κ2) is 32.5. The van der Waals surface area contributed by atoms with E-state index in [1.54, 1.807) is 35.3 Å². The Kier molecular flexibility index (Phi) is 26.3. The van der Waals surface area contributed by atoms with Crippen LogP contribution in [0.15, 0.2) is 33.3 Å². The molecule has 7 rings (SSSR count). The molecule has 4 aromatic rings. The van der Waals surface area contributed by atoms with Gasteiger partial charge in [-0.25, -0.2) is 14.0 Å². The zero-order valence-electron chi connectivity index (χ0n) is 45.8. The van der Waals surface area contributed by atoms with Crippen LogP contribution in [-0.4, -0.2) is 217 Å². The van der Waals surface area contributed by atoms with Crippen LogP contribution >= 0.6 is 35.3 Å². The predicted octanol–water partition coefficient (Wildman–Crippen LogP) is 0.376. The first-order valence-corrected chi connectivity index (χ1v) is 30.6. The summed E-state index contributed by atoms with van der Waals surface area (Å²) in [5.41, 5.74) is 3.75. The Morgan fingerprint density at radius 2 is 0.667 bits per heavy atom. The summed E-state index contributed by atoms with van der Waals surface area (Å²) in [5.74, 6) is 2.32. The number of benzene rings is 1. The van der Waals surface area contributed by atoms with Crippen molar-refractivity contribution in [2.24, 2.45) is 0 Å². The second-order valence-electron chi connectivity index (χ2n) is 20.3. The van der Waals surface area contributed by atoms with Gasteiger partial charge in [-0.1, -0.05) is 74.9 Å². The van der Waals surface area contributed by atoms with Crippen molar-refractivity contribution in [3.8, 4) is 0 Å². The van der Waals surface area contributed by atoms with Crippen molar-refractivity contribution in [2.75, 3.05) is 37.1 Å². The highest BCUT2D eigenvalue weighted by Gasteiger charge is 2.47. The molecule has 3 saturated heterocycles. The fourth-order valence-corrected chi connectivity index (χ4v) is 13.4. The van der Waals surface area contributed by atoms with Crippen molar-refractivity contribution in [3.05, 3.63) is 52.4 Å². The van der Waals surface area contributed by atoms with Crippen molar-refractivity contribution in [3.63, 3.8) is 0 Å². The van der Waals surface area contributed by atoms with Crippen molar-refractivity contribution in [1.29, 1.82) is 0 Å². The minimum atomic E-state index is -1.62. The number of aliphatic hydroxyl groups excluding tert-OH is 12. The molecule has 3 aliphatic rings. The average Bonchev–Trinajstić information content (AvgIpc) is 4.28. The van der Waals surface area contributed by atoms with Crippen LogP contribution in [0, 0.1) is 0 Å². The first-order chi connectivity index (χ1) is 39.2. The number of ether oxygens (including phenoxy) is 6. The molecule has 0 spiro atoms. The van der Waals surface area contributed by atoms with Crippen LogP contribution in [0.3, 0.4) is 0 Å². The Morgan fingerprint density at radius 1 is 0.395 bits per heavy atom. The molecule has 1 aromatic carbocycles. The molecule has 3 fully saturated rings. The van der Waals surface area contributed by atoms with E-state index in [1.807, 2.05) is 0 Å². The second-order valence-corrected chi connectivity index (χ2v) is 23.6. The Balaban J connectivity index is 1.25. The van der Waals surface area contributed by atoms with E-state index in [-0.39, 0.29) is 39.6 Å². The zero-order valence-corrected chi connectivity index (χ0v) is 48.3. The molecule has 12 N–H and O–H groups in total. The van der Waals surface area contributed by atoms with Crippen molar-refractivity contribution < 1.29 is 89.7 Å². The Morgan fingerprint density at radius 3 is 0.914 bits per heavy atom. The lowest BCUT2D eigenvalue weighted by atomic mass is 9.98. The van der Waals surface area contributed by atoms with E-state index in [2.05, 4.69) is 51.7 Å². The third-order valence-corrected chi connectivity index (χ3v) is 18.0. The normalized spacial score (nSPS) is 29.0. The highest BCUT2D eigenvalue weighted by Crippen LogP contribution is 2.46. The van der Waals surface area contributed by atoms with Gasteiger partial charge in [-0.05, 0) is 36.5 Å². The molecule has 27 nitrogen and oxygen atoms in total. The van der Waals surface area contributed by atoms with Crippen molar-refractivity contribution >= 4 is 35.3 Å². The van der Waals surface area contributed by atoms with E-state index in [0.29, 0.717) is 17.1 Å². The Bertz CT molecular complexity index is 2210. The van der Waals surface area contributed by atoms with E-state index in [0.717, 1.165) is 106 Å². The maximum Gasteiger partial charge on any atom is 0.180 e. The maximum absolute atomic E-state index is 10.8. The van der Waals surface area contributed by atoms with Gasteiger partial charge in [0.05, 0.1) is 78.1 Å². The van der Waals surface area contributed by atoms with E-state index in [1.165, 1.54) is 32.6 Å². The maximum atomic E-state index is 10.8. The summed E-state index contributed by atoms with van der Waals surface area (Å²) < 4.78 is 40.6. The molecule has 30 heteroatoms. The van der Waals surface area contributed by atoms with Gasteiger partial charge in [-0.3, -0.25) is 0 Å². The monoisotopic (exact) mass is 1200 g/mol. The zero-order chi connectivity index (χ0) is 58.2. The van der Waals surface area contributed by atoms with E-state index in [9.17, 15) is 61.3 Å². The lowest BCUT2D eigenvalue weighted by Crippen LogP contribution is -2.56. The van der Waals surface area contributed by atoms with E-state index < -0.39 is 112 Å². The number of unbranched alkanes of at least 4 members (excludes halogenated alkanes) is 6. The molecular formula is C51H81N9O18S3. The lowest BCUT2D eigenvalue weighted by molar-refractivity contribution is -0.254. The van der Waals surface area contributed by atoms with Gasteiger partial charge in [0.25, 0.3) is 0 Å². The molecule has 456 valence electrons. The molecule has 0 bridgehead atoms. The highest BCUT2D eigenvalue weighted by molar-refractivity contribution is 8.01. The summed E-state index contributed by atoms with van der Waals surface area (Å²) in [6.07, 6.45) is -8.20. The minimum absolute atomic E-state index is 0.0449. The van der Waals surface area contributed by atoms with Crippen LogP contribution < -0.4 is 0 Å². The molecule has 6 heterocycles. The quantitative estimate of drug-likeness (QED) is 0.0226. The molecule has 3 aromatic heterocycles. The van der Waals surface area contributed by atoms with E-state index in [4.69, 9.17) is 28.4 Å². The molecule has 81 heavy (non-hydrogen) atoms. The molecule has 0 aliphatic carbocycles. The lowest BCUT2D eigenvalue weighted by Gasteiger charge is -2.39. The topological polar surface area (TPSA) is 390 Å². The molecule has 0 amide bonds. The number of hydrogen-bond donors (Lipinski definition) is 12. The highest BCUT2D eigenvalue weighted by atomic mass is 32.2. The standard InChI is InChI=1S/C51H81N9O18S3/c1-4-7-10-13-79-46-31(25-73-22-28-16-58(55-52-28)49-43(70)40(67)37(64)34(19-61)76-49)47(80-14-11-8-5-2)33(27-75-24-30-18-60(57-54-30)51-45(72)42(69)39(66)36(21-63)78-51)48(81-15-12-9-6-3)32(46)26-74-23-29-17-59(56-53-29)50-44(71)41(68)38(65)35(20-62)77-50/h16-18,34-45,49-51,61-72H,4-15,19-27H2,1-3H3/t34-,35-,36-,37-,38-,39-,40+,41+,42+,43-,44-,45-,49-,50-,51-/m1/s1. The van der Waals surface area contributed by atoms with Crippen LogP contribution in [0.5, 0.6) is 0 Å². The number of rotatable bonds is 33. The van der Waals surface area contributed by atoms with Gasteiger partial charge in [0.2, 0.25) is 0 Å². The van der Waals surface area contributed by atoms with Crippen LogP contribution in [0.1, 0.15) is 131 Å². The third-order valence-electron chi connectivity index (χ3n) is 14.2. The van der Waals surface area contributed by atoms with Crippen LogP contribution in [0.2, 0.25) is 0 Å². The first-order valence-electron chi connectivity index (χ1n) is 27.7. The van der Waals surface area contributed by atoms with Gasteiger partial charge in [-0.15, -0.1) is 50.6 Å². The summed E-state index contributed by atoms with van der Waals surface area (Å²) in [7, 11) is 0. The Hall–Kier alpha value is -3.03. The summed E-state index contributed by atoms with van der Waals surface area (Å²) >= 11 is 5.13. The number of aromatic nitrogens is 9. The largest absolute Gasteiger partial charge is 0.394 e. The number of hydrogen-bond acceptors (Lipinski definition) is 27. The fourth-order valence-electron chi connectivity index (χ4n) is 9.54. The summed E-state index contributed by atoms with van der Waals surface area (Å²) in [5, 5.41) is 150. The van der Waals surface area contributed by atoms with Gasteiger partial charge >= 0.3 is 0 Å². The van der Waals surface area contributed by atoms with Crippen LogP contribution in [0.4, 0.5) is 0 Å². The third kappa shape index (κ3) is 16.5. The molecule has 15 atom stereocenters. The molecule has 0 radical (unpaired) electrons. The molecule has 0 unspecified atom stereocenters. The number of thioether (sulfide) groups is 3. The minimum Gasteiger partial charge on any atom is -0.394 e. The van der Waals surface area contributed by atoms with Crippen LogP contribution in [-0.2, 0) is 68.1 Å². The average molecular weight is 1200 g/mol.